The number of aromatic nitrogens is 1. The number of anilines is 1. The molecular weight excluding hydrogens is 354 g/mol. The Hall–Kier alpha value is -3.11. The molecule has 0 saturated carbocycles. The van der Waals surface area contributed by atoms with Gasteiger partial charge in [-0.3, -0.25) is 4.79 Å². The molecule has 1 amide bonds. The van der Waals surface area contributed by atoms with Crippen LogP contribution in [-0.4, -0.2) is 55.1 Å². The predicted octanol–water partition coefficient (Wildman–Crippen LogP) is 1.79. The van der Waals surface area contributed by atoms with Crippen LogP contribution in [0.25, 0.3) is 0 Å². The van der Waals surface area contributed by atoms with E-state index in [4.69, 9.17) is 10.00 Å². The number of likely N-dealkylation sites (N-methyl/N-ethyl adjacent to an activating group) is 1. The lowest BCUT2D eigenvalue weighted by molar-refractivity contribution is -0.127. The van der Waals surface area contributed by atoms with Crippen LogP contribution in [0.4, 0.5) is 5.82 Å². The number of nitriles is 1. The molecule has 0 aliphatic carbocycles. The highest BCUT2D eigenvalue weighted by molar-refractivity contribution is 5.80. The molecule has 1 N–H and O–H groups in total. The molecule has 2 aromatic rings. The lowest BCUT2D eigenvalue weighted by atomic mass is 10.2. The summed E-state index contributed by atoms with van der Waals surface area (Å²) >= 11 is 0. The fourth-order valence-corrected chi connectivity index (χ4v) is 3.06. The van der Waals surface area contributed by atoms with Crippen LogP contribution in [0.1, 0.15) is 18.1 Å². The van der Waals surface area contributed by atoms with Crippen LogP contribution in [0.5, 0.6) is 5.75 Å². The van der Waals surface area contributed by atoms with E-state index >= 15 is 0 Å². The third-order valence-electron chi connectivity index (χ3n) is 4.79. The molecule has 0 bridgehead atoms. The minimum Gasteiger partial charge on any atom is -0.481 e. The van der Waals surface area contributed by atoms with Crippen LogP contribution >= 0.6 is 0 Å². The summed E-state index contributed by atoms with van der Waals surface area (Å²) in [6.45, 7) is 5.95. The van der Waals surface area contributed by atoms with Crippen LogP contribution in [0.3, 0.4) is 0 Å². The molecule has 1 aliphatic heterocycles. The first-order chi connectivity index (χ1) is 13.6. The number of benzene rings is 1. The van der Waals surface area contributed by atoms with Crippen LogP contribution in [0.15, 0.2) is 42.6 Å². The normalized spacial score (nSPS) is 15.5. The van der Waals surface area contributed by atoms with Crippen molar-refractivity contribution in [1.82, 2.24) is 15.2 Å². The first kappa shape index (κ1) is 19.6. The maximum atomic E-state index is 12.4. The lowest BCUT2D eigenvalue weighted by Gasteiger charge is -2.34. The van der Waals surface area contributed by atoms with E-state index in [1.165, 1.54) is 0 Å². The minimum atomic E-state index is -0.642. The number of ether oxygens (including phenoxy) is 1. The van der Waals surface area contributed by atoms with Crippen LogP contribution in [0.2, 0.25) is 0 Å². The molecule has 1 aromatic carbocycles. The maximum absolute atomic E-state index is 12.4. The van der Waals surface area contributed by atoms with Gasteiger partial charge in [0, 0.05) is 44.5 Å². The van der Waals surface area contributed by atoms with Gasteiger partial charge < -0.3 is 19.9 Å². The summed E-state index contributed by atoms with van der Waals surface area (Å²) < 4.78 is 5.67. The van der Waals surface area contributed by atoms with Gasteiger partial charge in [0.15, 0.2) is 6.10 Å². The molecule has 1 aliphatic rings. The van der Waals surface area contributed by atoms with Gasteiger partial charge >= 0.3 is 0 Å². The summed E-state index contributed by atoms with van der Waals surface area (Å²) in [5, 5.41) is 11.8. The first-order valence-electron chi connectivity index (χ1n) is 9.38. The number of pyridine rings is 1. The number of hydrogen-bond donors (Lipinski definition) is 1. The highest BCUT2D eigenvalue weighted by atomic mass is 16.5. The zero-order valence-electron chi connectivity index (χ0n) is 16.3. The van der Waals surface area contributed by atoms with Crippen LogP contribution in [-0.2, 0) is 11.3 Å². The second kappa shape index (κ2) is 9.20. The smallest absolute Gasteiger partial charge is 0.261 e. The number of amides is 1. The molecule has 7 nitrogen and oxygen atoms in total. The van der Waals surface area contributed by atoms with E-state index in [9.17, 15) is 4.79 Å². The van der Waals surface area contributed by atoms with E-state index in [0.717, 1.165) is 37.6 Å². The first-order valence-corrected chi connectivity index (χ1v) is 9.38. The van der Waals surface area contributed by atoms with E-state index in [1.807, 2.05) is 12.1 Å². The van der Waals surface area contributed by atoms with Gasteiger partial charge in [0.1, 0.15) is 11.6 Å². The summed E-state index contributed by atoms with van der Waals surface area (Å²) in [6.07, 6.45) is 1.15. The van der Waals surface area contributed by atoms with Gasteiger partial charge in [-0.2, -0.15) is 5.26 Å². The average Bonchev–Trinajstić information content (AvgIpc) is 2.73. The van der Waals surface area contributed by atoms with E-state index in [1.54, 1.807) is 37.4 Å². The Bertz CT molecular complexity index is 839. The highest BCUT2D eigenvalue weighted by Crippen LogP contribution is 2.19. The Morgan fingerprint density at radius 2 is 1.96 bits per heavy atom. The Morgan fingerprint density at radius 1 is 1.25 bits per heavy atom. The fourth-order valence-electron chi connectivity index (χ4n) is 3.06. The molecule has 7 heteroatoms. The average molecular weight is 379 g/mol. The number of nitrogens with zero attached hydrogens (tertiary/aromatic N) is 4. The molecule has 2 heterocycles. The third kappa shape index (κ3) is 4.99. The summed E-state index contributed by atoms with van der Waals surface area (Å²) in [6, 6.07) is 12.6. The molecule has 1 aromatic heterocycles. The second-order valence-electron chi connectivity index (χ2n) is 6.89. The van der Waals surface area contributed by atoms with Crippen LogP contribution in [0, 0.1) is 11.3 Å². The zero-order chi connectivity index (χ0) is 19.9. The number of carbonyl (C=O) groups is 1. The maximum Gasteiger partial charge on any atom is 0.261 e. The van der Waals surface area contributed by atoms with Gasteiger partial charge in [-0.1, -0.05) is 6.07 Å². The monoisotopic (exact) mass is 379 g/mol. The lowest BCUT2D eigenvalue weighted by Crippen LogP contribution is -2.45. The van der Waals surface area contributed by atoms with E-state index in [0.29, 0.717) is 17.9 Å². The SMILES string of the molecule is CC(Oc1ccc(C#N)cc1)C(=O)NCc1cccnc1N1CCN(C)CC1. The summed E-state index contributed by atoms with van der Waals surface area (Å²) in [7, 11) is 2.12. The molecule has 1 saturated heterocycles. The number of carbonyl (C=O) groups excluding carboxylic acids is 1. The van der Waals surface area contributed by atoms with Crippen molar-refractivity contribution < 1.29 is 9.53 Å². The van der Waals surface area contributed by atoms with Gasteiger partial charge in [0.2, 0.25) is 0 Å². The van der Waals surface area contributed by atoms with Crippen molar-refractivity contribution in [3.63, 3.8) is 0 Å². The molecule has 3 rings (SSSR count). The van der Waals surface area contributed by atoms with Gasteiger partial charge in [-0.05, 0) is 44.3 Å². The van der Waals surface area contributed by atoms with Crippen molar-refractivity contribution in [2.75, 3.05) is 38.1 Å². The summed E-state index contributed by atoms with van der Waals surface area (Å²) in [5.41, 5.74) is 1.54. The number of nitrogens with one attached hydrogen (secondary N) is 1. The second-order valence-corrected chi connectivity index (χ2v) is 6.89. The molecule has 28 heavy (non-hydrogen) atoms. The van der Waals surface area contributed by atoms with Crippen LogP contribution < -0.4 is 15.0 Å². The summed E-state index contributed by atoms with van der Waals surface area (Å²) in [5.74, 6) is 1.29. The Kier molecular flexibility index (Phi) is 6.45. The van der Waals surface area contributed by atoms with E-state index in [-0.39, 0.29) is 5.91 Å². The molecule has 1 atom stereocenters. The van der Waals surface area contributed by atoms with Crippen molar-refractivity contribution in [3.05, 3.63) is 53.7 Å². The number of hydrogen-bond acceptors (Lipinski definition) is 6. The van der Waals surface area contributed by atoms with Gasteiger partial charge in [-0.15, -0.1) is 0 Å². The van der Waals surface area contributed by atoms with Crippen molar-refractivity contribution in [3.8, 4) is 11.8 Å². The molecule has 146 valence electrons. The predicted molar refractivity (Wildman–Crippen MR) is 107 cm³/mol. The van der Waals surface area contributed by atoms with Crippen molar-refractivity contribution in [1.29, 1.82) is 5.26 Å². The van der Waals surface area contributed by atoms with Gasteiger partial charge in [0.25, 0.3) is 5.91 Å². The van der Waals surface area contributed by atoms with E-state index in [2.05, 4.69) is 33.2 Å². The highest BCUT2D eigenvalue weighted by Gasteiger charge is 2.19. The van der Waals surface area contributed by atoms with Gasteiger partial charge in [-0.25, -0.2) is 4.98 Å². The molecular formula is C21H25N5O2. The molecule has 1 unspecified atom stereocenters. The molecule has 0 radical (unpaired) electrons. The largest absolute Gasteiger partial charge is 0.481 e. The fraction of sp³-hybridized carbons (Fsp3) is 0.381. The van der Waals surface area contributed by atoms with Gasteiger partial charge in [0.05, 0.1) is 11.6 Å². The van der Waals surface area contributed by atoms with Crippen molar-refractivity contribution >= 4 is 11.7 Å². The Labute approximate surface area is 165 Å². The Balaban J connectivity index is 1.57. The zero-order valence-corrected chi connectivity index (χ0v) is 16.3. The minimum absolute atomic E-state index is 0.197. The number of rotatable bonds is 6. The van der Waals surface area contributed by atoms with Crippen molar-refractivity contribution in [2.24, 2.45) is 0 Å². The quantitative estimate of drug-likeness (QED) is 0.824. The summed E-state index contributed by atoms with van der Waals surface area (Å²) in [4.78, 5) is 21.5. The third-order valence-corrected chi connectivity index (χ3v) is 4.79. The van der Waals surface area contributed by atoms with E-state index < -0.39 is 6.10 Å². The molecule has 0 spiro atoms. The van der Waals surface area contributed by atoms with Crippen molar-refractivity contribution in [2.45, 2.75) is 19.6 Å². The topological polar surface area (TPSA) is 81.5 Å². The standard InChI is InChI=1S/C21H25N5O2/c1-16(28-19-7-5-17(14-22)6-8-19)21(27)24-15-18-4-3-9-23-20(18)26-12-10-25(2)11-13-26/h3-9,16H,10-13,15H2,1-2H3,(H,24,27). The Morgan fingerprint density at radius 3 is 2.64 bits per heavy atom. The number of piperazine rings is 1. The molecule has 1 fully saturated rings.